The lowest BCUT2D eigenvalue weighted by atomic mass is 10.2. The van der Waals surface area contributed by atoms with Crippen molar-refractivity contribution < 1.29 is 4.79 Å². The Morgan fingerprint density at radius 1 is 1.36 bits per heavy atom. The SMILES string of the molecule is O=C(Nc1ccc(-n2ccnc2)c(Cl)c1)c1ccc[nH]c1=S. The highest BCUT2D eigenvalue weighted by Crippen LogP contribution is 2.24. The number of aromatic nitrogens is 3. The summed E-state index contributed by atoms with van der Waals surface area (Å²) < 4.78 is 2.18. The van der Waals surface area contributed by atoms with Crippen molar-refractivity contribution in [3.8, 4) is 5.69 Å². The van der Waals surface area contributed by atoms with E-state index in [0.29, 0.717) is 20.9 Å². The summed E-state index contributed by atoms with van der Waals surface area (Å²) in [6.45, 7) is 0. The lowest BCUT2D eigenvalue weighted by molar-refractivity contribution is 0.102. The molecule has 0 saturated heterocycles. The standard InChI is InChI=1S/C15H11ClN4OS/c16-12-8-10(3-4-13(12)20-7-6-17-9-20)19-14(21)11-2-1-5-18-15(11)22/h1-9H,(H,18,22)(H,19,21). The van der Waals surface area contributed by atoms with Crippen LogP contribution in [0.1, 0.15) is 10.4 Å². The maximum Gasteiger partial charge on any atom is 0.258 e. The van der Waals surface area contributed by atoms with E-state index in [-0.39, 0.29) is 5.91 Å². The zero-order valence-electron chi connectivity index (χ0n) is 11.3. The first-order chi connectivity index (χ1) is 10.6. The fourth-order valence-electron chi connectivity index (χ4n) is 1.99. The first-order valence-electron chi connectivity index (χ1n) is 6.42. The van der Waals surface area contributed by atoms with E-state index in [0.717, 1.165) is 5.69 Å². The van der Waals surface area contributed by atoms with E-state index in [9.17, 15) is 4.79 Å². The Bertz CT molecular complexity index is 873. The van der Waals surface area contributed by atoms with Crippen molar-refractivity contribution in [2.24, 2.45) is 0 Å². The van der Waals surface area contributed by atoms with Gasteiger partial charge in [0, 0.05) is 24.3 Å². The van der Waals surface area contributed by atoms with Crippen molar-refractivity contribution in [2.45, 2.75) is 0 Å². The number of pyridine rings is 1. The second-order valence-corrected chi connectivity index (χ2v) is 5.32. The number of halogens is 1. The molecule has 0 aliphatic carbocycles. The second-order valence-electron chi connectivity index (χ2n) is 4.50. The van der Waals surface area contributed by atoms with Gasteiger partial charge in [0.25, 0.3) is 5.91 Å². The average Bonchev–Trinajstić information content (AvgIpc) is 3.01. The summed E-state index contributed by atoms with van der Waals surface area (Å²) in [5, 5.41) is 3.29. The molecular weight excluding hydrogens is 320 g/mol. The van der Waals surface area contributed by atoms with Crippen LogP contribution in [0.25, 0.3) is 5.69 Å². The van der Waals surface area contributed by atoms with Gasteiger partial charge in [0.2, 0.25) is 0 Å². The van der Waals surface area contributed by atoms with E-state index in [1.165, 1.54) is 0 Å². The summed E-state index contributed by atoms with van der Waals surface area (Å²) in [5.41, 5.74) is 1.79. The summed E-state index contributed by atoms with van der Waals surface area (Å²) in [6, 6.07) is 8.65. The fraction of sp³-hybridized carbons (Fsp3) is 0. The third-order valence-corrected chi connectivity index (χ3v) is 3.69. The van der Waals surface area contributed by atoms with E-state index in [1.54, 1.807) is 53.8 Å². The Balaban J connectivity index is 1.85. The Kier molecular flexibility index (Phi) is 4.04. The fourth-order valence-corrected chi connectivity index (χ4v) is 2.50. The van der Waals surface area contributed by atoms with Gasteiger partial charge in [-0.15, -0.1) is 0 Å². The van der Waals surface area contributed by atoms with Gasteiger partial charge in [-0.3, -0.25) is 4.79 Å². The number of hydrogen-bond acceptors (Lipinski definition) is 3. The highest BCUT2D eigenvalue weighted by molar-refractivity contribution is 7.71. The number of carbonyl (C=O) groups excluding carboxylic acids is 1. The molecule has 0 saturated carbocycles. The molecule has 0 aliphatic rings. The Labute approximate surface area is 136 Å². The lowest BCUT2D eigenvalue weighted by Crippen LogP contribution is -2.13. The number of carbonyl (C=O) groups is 1. The number of rotatable bonds is 3. The van der Waals surface area contributed by atoms with Crippen LogP contribution in [0.15, 0.2) is 55.2 Å². The minimum Gasteiger partial charge on any atom is -0.352 e. The normalized spacial score (nSPS) is 10.4. The van der Waals surface area contributed by atoms with Gasteiger partial charge in [0.05, 0.1) is 22.6 Å². The van der Waals surface area contributed by atoms with E-state index in [4.69, 9.17) is 23.8 Å². The van der Waals surface area contributed by atoms with Gasteiger partial charge < -0.3 is 14.9 Å². The molecule has 3 aromatic rings. The van der Waals surface area contributed by atoms with E-state index < -0.39 is 0 Å². The van der Waals surface area contributed by atoms with Gasteiger partial charge >= 0.3 is 0 Å². The van der Waals surface area contributed by atoms with Gasteiger partial charge in [0.15, 0.2) is 0 Å². The van der Waals surface area contributed by atoms with Crippen LogP contribution in [0.2, 0.25) is 5.02 Å². The molecule has 0 aliphatic heterocycles. The summed E-state index contributed by atoms with van der Waals surface area (Å²) in [4.78, 5) is 19.0. The minimum atomic E-state index is -0.284. The van der Waals surface area contributed by atoms with Crippen LogP contribution in [0, 0.1) is 4.64 Å². The third kappa shape index (κ3) is 2.93. The Hall–Kier alpha value is -2.44. The molecular formula is C15H11ClN4OS. The van der Waals surface area contributed by atoms with Gasteiger partial charge in [-0.05, 0) is 30.3 Å². The highest BCUT2D eigenvalue weighted by atomic mass is 35.5. The number of imidazole rings is 1. The largest absolute Gasteiger partial charge is 0.352 e. The molecule has 0 atom stereocenters. The maximum atomic E-state index is 12.2. The van der Waals surface area contributed by atoms with E-state index >= 15 is 0 Å². The number of nitrogens with zero attached hydrogens (tertiary/aromatic N) is 2. The number of aromatic amines is 1. The smallest absolute Gasteiger partial charge is 0.258 e. The predicted octanol–water partition coefficient (Wildman–Crippen LogP) is 3.84. The minimum absolute atomic E-state index is 0.284. The van der Waals surface area contributed by atoms with Crippen LogP contribution in [0.3, 0.4) is 0 Å². The van der Waals surface area contributed by atoms with Crippen LogP contribution in [0.5, 0.6) is 0 Å². The quantitative estimate of drug-likeness (QED) is 0.717. The Morgan fingerprint density at radius 3 is 2.91 bits per heavy atom. The molecule has 1 amide bonds. The maximum absolute atomic E-state index is 12.2. The van der Waals surface area contributed by atoms with Crippen LogP contribution in [-0.2, 0) is 0 Å². The number of nitrogens with one attached hydrogen (secondary N) is 2. The molecule has 0 radical (unpaired) electrons. The summed E-state index contributed by atoms with van der Waals surface area (Å²) in [6.07, 6.45) is 6.80. The van der Waals surface area contributed by atoms with Crippen molar-refractivity contribution in [2.75, 3.05) is 5.32 Å². The topological polar surface area (TPSA) is 62.7 Å². The molecule has 0 spiro atoms. The number of H-pyrrole nitrogens is 1. The van der Waals surface area contributed by atoms with Gasteiger partial charge in [-0.25, -0.2) is 4.98 Å². The average molecular weight is 331 g/mol. The molecule has 7 heteroatoms. The van der Waals surface area contributed by atoms with Crippen LogP contribution in [-0.4, -0.2) is 20.4 Å². The van der Waals surface area contributed by atoms with Crippen molar-refractivity contribution in [3.63, 3.8) is 0 Å². The van der Waals surface area contributed by atoms with E-state index in [1.807, 2.05) is 6.07 Å². The molecule has 0 fully saturated rings. The first kappa shape index (κ1) is 14.5. The monoisotopic (exact) mass is 330 g/mol. The summed E-state index contributed by atoms with van der Waals surface area (Å²) in [7, 11) is 0. The zero-order chi connectivity index (χ0) is 15.5. The van der Waals surface area contributed by atoms with Crippen molar-refractivity contribution in [1.29, 1.82) is 0 Å². The lowest BCUT2D eigenvalue weighted by Gasteiger charge is -2.09. The molecule has 0 unspecified atom stereocenters. The molecule has 2 N–H and O–H groups in total. The molecule has 22 heavy (non-hydrogen) atoms. The molecule has 1 aromatic carbocycles. The first-order valence-corrected chi connectivity index (χ1v) is 7.21. The van der Waals surface area contributed by atoms with Gasteiger partial charge in [-0.1, -0.05) is 23.8 Å². The molecule has 110 valence electrons. The molecule has 2 aromatic heterocycles. The van der Waals surface area contributed by atoms with Crippen molar-refractivity contribution in [1.82, 2.24) is 14.5 Å². The van der Waals surface area contributed by atoms with Gasteiger partial charge in [-0.2, -0.15) is 0 Å². The molecule has 3 rings (SSSR count). The number of anilines is 1. The highest BCUT2D eigenvalue weighted by Gasteiger charge is 2.09. The van der Waals surface area contributed by atoms with Crippen LogP contribution < -0.4 is 5.32 Å². The van der Waals surface area contributed by atoms with Crippen molar-refractivity contribution >= 4 is 35.4 Å². The predicted molar refractivity (Wildman–Crippen MR) is 88.2 cm³/mol. The molecule has 2 heterocycles. The molecule has 5 nitrogen and oxygen atoms in total. The second kappa shape index (κ2) is 6.13. The molecule has 0 bridgehead atoms. The number of hydrogen-bond donors (Lipinski definition) is 2. The summed E-state index contributed by atoms with van der Waals surface area (Å²) in [5.74, 6) is -0.284. The number of amides is 1. The van der Waals surface area contributed by atoms with Gasteiger partial charge in [0.1, 0.15) is 4.64 Å². The number of benzene rings is 1. The van der Waals surface area contributed by atoms with Crippen LogP contribution in [0.4, 0.5) is 5.69 Å². The van der Waals surface area contributed by atoms with Crippen molar-refractivity contribution in [3.05, 3.63) is 70.5 Å². The zero-order valence-corrected chi connectivity index (χ0v) is 12.9. The van der Waals surface area contributed by atoms with Crippen LogP contribution >= 0.6 is 23.8 Å². The summed E-state index contributed by atoms with van der Waals surface area (Å²) >= 11 is 11.3. The third-order valence-electron chi connectivity index (χ3n) is 3.05. The Morgan fingerprint density at radius 2 is 2.23 bits per heavy atom. The van der Waals surface area contributed by atoms with E-state index in [2.05, 4.69) is 15.3 Å².